The largest absolute Gasteiger partial charge is 0.411 e. The third-order valence-corrected chi connectivity index (χ3v) is 8.08. The van der Waals surface area contributed by atoms with Gasteiger partial charge in [-0.25, -0.2) is 27.2 Å². The molecule has 1 aromatic carbocycles. The average molecular weight is 524 g/mol. The van der Waals surface area contributed by atoms with Gasteiger partial charge in [0.1, 0.15) is 11.5 Å². The van der Waals surface area contributed by atoms with Gasteiger partial charge in [0.15, 0.2) is 5.82 Å². The molecule has 196 valence electrons. The maximum Gasteiger partial charge on any atom is 0.266 e. The first-order valence-electron chi connectivity index (χ1n) is 11.8. The third-order valence-electron chi connectivity index (χ3n) is 6.81. The molecule has 0 unspecified atom stereocenters. The van der Waals surface area contributed by atoms with Crippen molar-refractivity contribution in [2.45, 2.75) is 57.3 Å². The first-order valence-corrected chi connectivity index (χ1v) is 13.7. The van der Waals surface area contributed by atoms with Crippen molar-refractivity contribution in [1.29, 1.82) is 0 Å². The molecule has 10 nitrogen and oxygen atoms in total. The number of sulfonamides is 1. The minimum atomic E-state index is -3.44. The summed E-state index contributed by atoms with van der Waals surface area (Å²) < 4.78 is 54.7. The zero-order chi connectivity index (χ0) is 26.4. The summed E-state index contributed by atoms with van der Waals surface area (Å²) >= 11 is 0. The van der Waals surface area contributed by atoms with Crippen LogP contribution in [0.25, 0.3) is 11.3 Å². The molecule has 5 N–H and O–H groups in total. The van der Waals surface area contributed by atoms with Crippen LogP contribution in [0.3, 0.4) is 0 Å². The molecule has 2 aliphatic rings. The molecule has 1 saturated heterocycles. The number of fused-ring (bicyclic) bond motifs is 1. The number of β-amino-alcohol motifs (C(OH)–C–C–N with tert-alkyl or cyclic N) is 1. The Hall–Kier alpha value is -2.55. The van der Waals surface area contributed by atoms with Gasteiger partial charge in [0, 0.05) is 30.7 Å². The maximum absolute atomic E-state index is 15.0. The molecule has 0 spiro atoms. The van der Waals surface area contributed by atoms with E-state index in [1.165, 1.54) is 10.4 Å². The number of aromatic nitrogens is 2. The fraction of sp³-hybridized carbons (Fsp3) is 0.545. The van der Waals surface area contributed by atoms with Gasteiger partial charge in [0.25, 0.3) is 7.41 Å². The van der Waals surface area contributed by atoms with E-state index in [-0.39, 0.29) is 49.4 Å². The van der Waals surface area contributed by atoms with Gasteiger partial charge in [-0.05, 0) is 44.7 Å². The van der Waals surface area contributed by atoms with Crippen LogP contribution in [-0.2, 0) is 16.4 Å². The minimum absolute atomic E-state index is 0.00388. The number of nitrogens with one attached hydrogen (secondary N) is 1. The monoisotopic (exact) mass is 524 g/mol. The van der Waals surface area contributed by atoms with E-state index in [1.54, 1.807) is 6.92 Å². The number of benzene rings is 1. The fourth-order valence-electron chi connectivity index (χ4n) is 4.94. The van der Waals surface area contributed by atoms with Crippen LogP contribution in [0.15, 0.2) is 12.3 Å². The van der Waals surface area contributed by atoms with E-state index < -0.39 is 39.8 Å². The summed E-state index contributed by atoms with van der Waals surface area (Å²) in [4.78, 5) is 10.1. The summed E-state index contributed by atoms with van der Waals surface area (Å²) in [7, 11) is -3.20. The standard InChI is InChI=1S/C22H31BF2N6O4S/c1-11-4-5-13-14(8-15(24)19(26)21(13)31(11)23-12(2)32)20-16(25)9-27-22(29-20)28-17-6-7-30(10-18(17)33)36(3,34)35/h8-9,11-12,17-18,23,32-33H,4-7,10,26H2,1-3H3,(H,27,28,29)/t11-,12-,17-,18-/m1/s1. The number of hydrogen-bond donors (Lipinski definition) is 4. The Kier molecular flexibility index (Phi) is 7.42. The number of aliphatic hydroxyl groups excluding tert-OH is 2. The number of anilines is 3. The molecule has 0 aliphatic carbocycles. The number of nitrogens with zero attached hydrogens (tertiary/aromatic N) is 4. The van der Waals surface area contributed by atoms with Gasteiger partial charge in [-0.1, -0.05) is 0 Å². The highest BCUT2D eigenvalue weighted by Crippen LogP contribution is 2.43. The second kappa shape index (κ2) is 10.1. The summed E-state index contributed by atoms with van der Waals surface area (Å²) in [5.41, 5.74) is 7.25. The van der Waals surface area contributed by atoms with Crippen LogP contribution in [0, 0.1) is 11.6 Å². The van der Waals surface area contributed by atoms with Crippen LogP contribution < -0.4 is 15.9 Å². The Balaban J connectivity index is 1.69. The van der Waals surface area contributed by atoms with Crippen molar-refractivity contribution >= 4 is 34.8 Å². The van der Waals surface area contributed by atoms with E-state index in [9.17, 15) is 27.4 Å². The molecule has 2 aromatic rings. The molecule has 1 aromatic heterocycles. The number of aliphatic hydroxyl groups is 2. The van der Waals surface area contributed by atoms with Crippen LogP contribution in [0.5, 0.6) is 0 Å². The molecule has 3 heterocycles. The minimum Gasteiger partial charge on any atom is -0.411 e. The second-order valence-electron chi connectivity index (χ2n) is 9.65. The molecular weight excluding hydrogens is 493 g/mol. The van der Waals surface area contributed by atoms with E-state index in [0.29, 0.717) is 30.5 Å². The second-order valence-corrected chi connectivity index (χ2v) is 11.6. The van der Waals surface area contributed by atoms with Crippen molar-refractivity contribution in [3.63, 3.8) is 0 Å². The number of nitrogen functional groups attached to an aromatic ring is 1. The van der Waals surface area contributed by atoms with Crippen LogP contribution in [0.2, 0.25) is 0 Å². The molecule has 2 aliphatic heterocycles. The Morgan fingerprint density at radius 3 is 2.67 bits per heavy atom. The van der Waals surface area contributed by atoms with E-state index in [0.717, 1.165) is 12.5 Å². The van der Waals surface area contributed by atoms with Crippen molar-refractivity contribution in [2.75, 3.05) is 35.2 Å². The van der Waals surface area contributed by atoms with E-state index in [4.69, 9.17) is 5.73 Å². The van der Waals surface area contributed by atoms with Crippen molar-refractivity contribution in [3.05, 3.63) is 29.5 Å². The lowest BCUT2D eigenvalue weighted by molar-refractivity contribution is 0.0950. The Morgan fingerprint density at radius 1 is 1.31 bits per heavy atom. The highest BCUT2D eigenvalue weighted by Gasteiger charge is 2.34. The van der Waals surface area contributed by atoms with Crippen LogP contribution in [0.1, 0.15) is 32.3 Å². The fourth-order valence-corrected chi connectivity index (χ4v) is 5.80. The van der Waals surface area contributed by atoms with Crippen molar-refractivity contribution in [3.8, 4) is 11.3 Å². The Morgan fingerprint density at radius 2 is 2.03 bits per heavy atom. The molecule has 0 amide bonds. The summed E-state index contributed by atoms with van der Waals surface area (Å²) in [5.74, 6) is -1.44. The zero-order valence-electron chi connectivity index (χ0n) is 20.4. The summed E-state index contributed by atoms with van der Waals surface area (Å²) in [6.07, 6.45) is 2.54. The normalized spacial score (nSPS) is 23.8. The Labute approximate surface area is 209 Å². The van der Waals surface area contributed by atoms with Gasteiger partial charge < -0.3 is 26.1 Å². The third kappa shape index (κ3) is 5.26. The van der Waals surface area contributed by atoms with Gasteiger partial charge in [-0.15, -0.1) is 0 Å². The van der Waals surface area contributed by atoms with Gasteiger partial charge in [-0.2, -0.15) is 4.31 Å². The SMILES string of the molecule is C[C@@H]1CCc2c(-c3nc(N[C@@H]4CCN(S(C)(=O)=O)C[C@H]4O)ncc3F)cc(F)c(N)c2N1B[C@@H](C)O. The highest BCUT2D eigenvalue weighted by molar-refractivity contribution is 7.88. The highest BCUT2D eigenvalue weighted by atomic mass is 32.2. The topological polar surface area (TPSA) is 145 Å². The summed E-state index contributed by atoms with van der Waals surface area (Å²) in [5, 5.41) is 23.4. The van der Waals surface area contributed by atoms with Crippen molar-refractivity contribution in [2.24, 2.45) is 0 Å². The van der Waals surface area contributed by atoms with Gasteiger partial charge >= 0.3 is 0 Å². The quantitative estimate of drug-likeness (QED) is 0.316. The molecule has 0 bridgehead atoms. The molecule has 0 saturated carbocycles. The lowest BCUT2D eigenvalue weighted by atomic mass is 9.77. The lowest BCUT2D eigenvalue weighted by Gasteiger charge is -2.39. The zero-order valence-corrected chi connectivity index (χ0v) is 21.3. The van der Waals surface area contributed by atoms with Crippen LogP contribution >= 0.6 is 0 Å². The molecule has 14 heteroatoms. The van der Waals surface area contributed by atoms with E-state index in [2.05, 4.69) is 15.3 Å². The van der Waals surface area contributed by atoms with E-state index >= 15 is 0 Å². The molecule has 36 heavy (non-hydrogen) atoms. The molecule has 4 rings (SSSR count). The maximum atomic E-state index is 15.0. The Bertz CT molecular complexity index is 1250. The smallest absolute Gasteiger partial charge is 0.266 e. The number of hydrogen-bond acceptors (Lipinski definition) is 9. The number of halogens is 2. The summed E-state index contributed by atoms with van der Waals surface area (Å²) in [6.45, 7) is 3.71. The van der Waals surface area contributed by atoms with Gasteiger partial charge in [0.2, 0.25) is 16.0 Å². The van der Waals surface area contributed by atoms with Crippen LogP contribution in [-0.4, -0.2) is 83.9 Å². The van der Waals surface area contributed by atoms with Gasteiger partial charge in [0.05, 0.1) is 36.0 Å². The lowest BCUT2D eigenvalue weighted by Crippen LogP contribution is -2.51. The number of nitrogens with two attached hydrogens (primary N) is 1. The predicted molar refractivity (Wildman–Crippen MR) is 135 cm³/mol. The van der Waals surface area contributed by atoms with Crippen molar-refractivity contribution < 1.29 is 27.4 Å². The van der Waals surface area contributed by atoms with Gasteiger partial charge in [-0.3, -0.25) is 0 Å². The summed E-state index contributed by atoms with van der Waals surface area (Å²) in [6, 6.07) is -0.0764. The number of piperidine rings is 1. The van der Waals surface area contributed by atoms with Crippen molar-refractivity contribution in [1.82, 2.24) is 14.3 Å². The first-order chi connectivity index (χ1) is 16.9. The molecule has 1 fully saturated rings. The first kappa shape index (κ1) is 26.5. The number of rotatable bonds is 6. The molecule has 0 radical (unpaired) electrons. The van der Waals surface area contributed by atoms with E-state index in [1.807, 2.05) is 11.7 Å². The van der Waals surface area contributed by atoms with Crippen LogP contribution in [0.4, 0.5) is 26.1 Å². The molecular formula is C22H31BF2N6O4S. The average Bonchev–Trinajstić information content (AvgIpc) is 2.79. The molecule has 4 atom stereocenters. The predicted octanol–water partition coefficient (Wildman–Crippen LogP) is 0.642.